The van der Waals surface area contributed by atoms with Crippen LogP contribution in [0, 0.1) is 0 Å². The molecule has 4 nitrogen and oxygen atoms in total. The summed E-state index contributed by atoms with van der Waals surface area (Å²) in [5.74, 6) is 0.935. The Balaban J connectivity index is 2.05. The van der Waals surface area contributed by atoms with Gasteiger partial charge in [0.25, 0.3) is 0 Å². The second kappa shape index (κ2) is 5.05. The van der Waals surface area contributed by atoms with Gasteiger partial charge in [0.05, 0.1) is 17.7 Å². The first-order chi connectivity index (χ1) is 7.79. The fourth-order valence-electron chi connectivity index (χ4n) is 1.40. The Kier molecular flexibility index (Phi) is 3.48. The van der Waals surface area contributed by atoms with E-state index in [0.29, 0.717) is 6.54 Å². The minimum atomic E-state index is 0.531. The van der Waals surface area contributed by atoms with Gasteiger partial charge in [0.2, 0.25) is 0 Å². The fourth-order valence-corrected chi connectivity index (χ4v) is 1.95. The Morgan fingerprint density at radius 2 is 2.25 bits per heavy atom. The van der Waals surface area contributed by atoms with E-state index in [1.807, 2.05) is 36.3 Å². The van der Waals surface area contributed by atoms with Crippen LogP contribution in [-0.4, -0.2) is 17.0 Å². The summed E-state index contributed by atoms with van der Waals surface area (Å²) in [5.41, 5.74) is 9.48. The van der Waals surface area contributed by atoms with Gasteiger partial charge in [-0.25, -0.2) is 9.97 Å². The standard InChI is InChI=1S/C11H14N4S/c1-15(6-10-7-16-8-14-10)11-3-2-9(4-12)5-13-11/h2-3,5,7-8H,4,6,12H2,1H3. The van der Waals surface area contributed by atoms with E-state index in [2.05, 4.69) is 14.9 Å². The molecular formula is C11H14N4S. The zero-order valence-electron chi connectivity index (χ0n) is 9.13. The van der Waals surface area contributed by atoms with E-state index in [9.17, 15) is 0 Å². The molecule has 0 saturated heterocycles. The molecule has 0 atom stereocenters. The summed E-state index contributed by atoms with van der Waals surface area (Å²) in [5, 5.41) is 2.05. The van der Waals surface area contributed by atoms with Gasteiger partial charge in [-0.15, -0.1) is 11.3 Å². The average molecular weight is 234 g/mol. The highest BCUT2D eigenvalue weighted by molar-refractivity contribution is 7.07. The SMILES string of the molecule is CN(Cc1cscn1)c1ccc(CN)cn1. The van der Waals surface area contributed by atoms with Crippen molar-refractivity contribution in [3.8, 4) is 0 Å². The lowest BCUT2D eigenvalue weighted by atomic mass is 10.3. The summed E-state index contributed by atoms with van der Waals surface area (Å²) in [4.78, 5) is 10.7. The number of nitrogens with zero attached hydrogens (tertiary/aromatic N) is 3. The molecule has 0 aliphatic carbocycles. The molecule has 2 N–H and O–H groups in total. The molecule has 16 heavy (non-hydrogen) atoms. The lowest BCUT2D eigenvalue weighted by Crippen LogP contribution is -2.17. The number of anilines is 1. The third kappa shape index (κ3) is 2.56. The summed E-state index contributed by atoms with van der Waals surface area (Å²) in [6, 6.07) is 3.98. The monoisotopic (exact) mass is 234 g/mol. The number of pyridine rings is 1. The number of hydrogen-bond acceptors (Lipinski definition) is 5. The van der Waals surface area contributed by atoms with Gasteiger partial charge in [-0.1, -0.05) is 6.07 Å². The molecule has 2 heterocycles. The van der Waals surface area contributed by atoms with Crippen molar-refractivity contribution in [2.75, 3.05) is 11.9 Å². The van der Waals surface area contributed by atoms with Crippen LogP contribution in [0.4, 0.5) is 5.82 Å². The second-order valence-corrected chi connectivity index (χ2v) is 4.28. The lowest BCUT2D eigenvalue weighted by Gasteiger charge is -2.16. The van der Waals surface area contributed by atoms with Crippen LogP contribution in [0.25, 0.3) is 0 Å². The molecule has 0 amide bonds. The van der Waals surface area contributed by atoms with Crippen LogP contribution in [0.2, 0.25) is 0 Å². The summed E-state index contributed by atoms with van der Waals surface area (Å²) < 4.78 is 0. The van der Waals surface area contributed by atoms with Gasteiger partial charge in [0, 0.05) is 25.2 Å². The molecular weight excluding hydrogens is 220 g/mol. The molecule has 0 unspecified atom stereocenters. The van der Waals surface area contributed by atoms with Crippen molar-refractivity contribution < 1.29 is 0 Å². The summed E-state index contributed by atoms with van der Waals surface area (Å²) in [6.45, 7) is 1.31. The number of hydrogen-bond donors (Lipinski definition) is 1. The highest BCUT2D eigenvalue weighted by Crippen LogP contribution is 2.13. The second-order valence-electron chi connectivity index (χ2n) is 3.56. The van der Waals surface area contributed by atoms with Crippen LogP contribution < -0.4 is 10.6 Å². The Morgan fingerprint density at radius 1 is 1.38 bits per heavy atom. The number of aromatic nitrogens is 2. The minimum Gasteiger partial charge on any atom is -0.354 e. The molecule has 0 radical (unpaired) electrons. The van der Waals surface area contributed by atoms with Gasteiger partial charge >= 0.3 is 0 Å². The molecule has 0 spiro atoms. The van der Waals surface area contributed by atoms with E-state index < -0.39 is 0 Å². The zero-order chi connectivity index (χ0) is 11.4. The predicted octanol–water partition coefficient (Wildman–Crippen LogP) is 1.63. The highest BCUT2D eigenvalue weighted by atomic mass is 32.1. The maximum absolute atomic E-state index is 5.52. The van der Waals surface area contributed by atoms with Crippen molar-refractivity contribution in [2.24, 2.45) is 5.73 Å². The molecule has 0 aromatic carbocycles. The van der Waals surface area contributed by atoms with Crippen LogP contribution in [0.3, 0.4) is 0 Å². The number of rotatable bonds is 4. The number of nitrogens with two attached hydrogens (primary N) is 1. The largest absolute Gasteiger partial charge is 0.354 e. The minimum absolute atomic E-state index is 0.531. The highest BCUT2D eigenvalue weighted by Gasteiger charge is 2.04. The van der Waals surface area contributed by atoms with E-state index in [1.165, 1.54) is 0 Å². The molecule has 0 aliphatic heterocycles. The van der Waals surface area contributed by atoms with Crippen LogP contribution in [0.15, 0.2) is 29.2 Å². The van der Waals surface area contributed by atoms with Crippen molar-refractivity contribution in [2.45, 2.75) is 13.1 Å². The first-order valence-electron chi connectivity index (χ1n) is 5.03. The third-order valence-electron chi connectivity index (χ3n) is 2.32. The van der Waals surface area contributed by atoms with Gasteiger partial charge in [0.1, 0.15) is 5.82 Å². The van der Waals surface area contributed by atoms with E-state index in [-0.39, 0.29) is 0 Å². The van der Waals surface area contributed by atoms with E-state index in [0.717, 1.165) is 23.6 Å². The van der Waals surface area contributed by atoms with Gasteiger partial charge in [-0.3, -0.25) is 0 Å². The van der Waals surface area contributed by atoms with Gasteiger partial charge in [0.15, 0.2) is 0 Å². The average Bonchev–Trinajstić information content (AvgIpc) is 2.82. The number of thiazole rings is 1. The van der Waals surface area contributed by atoms with Gasteiger partial charge in [-0.05, 0) is 11.6 Å². The van der Waals surface area contributed by atoms with Crippen LogP contribution >= 0.6 is 11.3 Å². The topological polar surface area (TPSA) is 55.0 Å². The van der Waals surface area contributed by atoms with Crippen molar-refractivity contribution in [3.05, 3.63) is 40.5 Å². The molecule has 0 bridgehead atoms. The third-order valence-corrected chi connectivity index (χ3v) is 2.95. The zero-order valence-corrected chi connectivity index (χ0v) is 9.94. The molecule has 0 aliphatic rings. The van der Waals surface area contributed by atoms with Crippen LogP contribution in [0.5, 0.6) is 0 Å². The summed E-state index contributed by atoms with van der Waals surface area (Å²) >= 11 is 1.61. The molecule has 5 heteroatoms. The van der Waals surface area contributed by atoms with E-state index in [4.69, 9.17) is 5.73 Å². The van der Waals surface area contributed by atoms with E-state index >= 15 is 0 Å². The fraction of sp³-hybridized carbons (Fsp3) is 0.273. The summed E-state index contributed by atoms with van der Waals surface area (Å²) in [7, 11) is 2.00. The molecule has 2 aromatic rings. The molecule has 0 saturated carbocycles. The van der Waals surface area contributed by atoms with Crippen LogP contribution in [-0.2, 0) is 13.1 Å². The van der Waals surface area contributed by atoms with Crippen molar-refractivity contribution in [1.29, 1.82) is 0 Å². The van der Waals surface area contributed by atoms with Crippen molar-refractivity contribution >= 4 is 17.2 Å². The summed E-state index contributed by atoms with van der Waals surface area (Å²) in [6.07, 6.45) is 1.81. The quantitative estimate of drug-likeness (QED) is 0.873. The Labute approximate surface area is 98.8 Å². The maximum Gasteiger partial charge on any atom is 0.128 e. The van der Waals surface area contributed by atoms with Crippen molar-refractivity contribution in [3.63, 3.8) is 0 Å². The van der Waals surface area contributed by atoms with E-state index in [1.54, 1.807) is 11.3 Å². The van der Waals surface area contributed by atoms with Crippen LogP contribution in [0.1, 0.15) is 11.3 Å². The Morgan fingerprint density at radius 3 is 2.81 bits per heavy atom. The van der Waals surface area contributed by atoms with Gasteiger partial charge < -0.3 is 10.6 Å². The smallest absolute Gasteiger partial charge is 0.128 e. The molecule has 0 fully saturated rings. The predicted molar refractivity (Wildman–Crippen MR) is 66.3 cm³/mol. The van der Waals surface area contributed by atoms with Crippen molar-refractivity contribution in [1.82, 2.24) is 9.97 Å². The molecule has 2 aromatic heterocycles. The molecule has 2 rings (SSSR count). The lowest BCUT2D eigenvalue weighted by molar-refractivity contribution is 0.870. The molecule has 84 valence electrons. The first-order valence-corrected chi connectivity index (χ1v) is 5.97. The first kappa shape index (κ1) is 11.0. The normalized spacial score (nSPS) is 10.4. The van der Waals surface area contributed by atoms with Gasteiger partial charge in [-0.2, -0.15) is 0 Å². The maximum atomic E-state index is 5.52. The Bertz CT molecular complexity index is 424. The Hall–Kier alpha value is -1.46.